The average Bonchev–Trinajstić information content (AvgIpc) is 2.00. The smallest absolute Gasteiger partial charge is 0.276 e. The van der Waals surface area contributed by atoms with Crippen LogP contribution >= 0.6 is 0 Å². The number of aliphatic hydroxyl groups excluding tert-OH is 1. The largest absolute Gasteiger partial charge is 0.395 e. The van der Waals surface area contributed by atoms with Gasteiger partial charge in [-0.1, -0.05) is 13.8 Å². The fourth-order valence-electron chi connectivity index (χ4n) is 0.642. The fourth-order valence-corrected chi connectivity index (χ4v) is 1.51. The third-order valence-corrected chi connectivity index (χ3v) is 2.73. The summed E-state index contributed by atoms with van der Waals surface area (Å²) in [5.74, 6) is 0.0677. The van der Waals surface area contributed by atoms with Crippen molar-refractivity contribution in [3.63, 3.8) is 0 Å². The van der Waals surface area contributed by atoms with E-state index in [1.807, 2.05) is 13.8 Å². The van der Waals surface area contributed by atoms with Crippen LogP contribution in [0.25, 0.3) is 0 Å². The first-order valence-electron chi connectivity index (χ1n) is 3.74. The zero-order valence-electron chi connectivity index (χ0n) is 7.53. The Hall–Kier alpha value is -0.170. The van der Waals surface area contributed by atoms with Crippen molar-refractivity contribution in [3.05, 3.63) is 0 Å². The molecule has 0 fully saturated rings. The van der Waals surface area contributed by atoms with Crippen LogP contribution in [-0.4, -0.2) is 33.2 Å². The summed E-state index contributed by atoms with van der Waals surface area (Å²) in [5.41, 5.74) is 0. The minimum atomic E-state index is -3.44. The standard InChI is InChI=1S/C6H16N2O3S/c1-5(2)6(4-9)8-12(10,11)7-3/h5-9H,4H2,1-3H3. The van der Waals surface area contributed by atoms with Crippen LogP contribution in [0.3, 0.4) is 0 Å². The predicted octanol–water partition coefficient (Wildman–Crippen LogP) is -0.943. The number of nitrogens with one attached hydrogen (secondary N) is 2. The molecule has 0 aliphatic rings. The second-order valence-electron chi connectivity index (χ2n) is 2.86. The molecular formula is C6H16N2O3S. The highest BCUT2D eigenvalue weighted by molar-refractivity contribution is 7.87. The second-order valence-corrected chi connectivity index (χ2v) is 4.51. The van der Waals surface area contributed by atoms with Gasteiger partial charge in [0.2, 0.25) is 0 Å². The van der Waals surface area contributed by atoms with E-state index in [4.69, 9.17) is 5.11 Å². The molecule has 0 aromatic heterocycles. The van der Waals surface area contributed by atoms with Gasteiger partial charge in [-0.25, -0.2) is 4.72 Å². The highest BCUT2D eigenvalue weighted by atomic mass is 32.2. The Labute approximate surface area is 73.4 Å². The monoisotopic (exact) mass is 196 g/mol. The van der Waals surface area contributed by atoms with Gasteiger partial charge in [0.15, 0.2) is 0 Å². The quantitative estimate of drug-likeness (QED) is 0.531. The molecule has 1 atom stereocenters. The van der Waals surface area contributed by atoms with Gasteiger partial charge in [-0.3, -0.25) is 0 Å². The lowest BCUT2D eigenvalue weighted by Crippen LogP contribution is -2.45. The zero-order valence-corrected chi connectivity index (χ0v) is 8.35. The molecule has 74 valence electrons. The van der Waals surface area contributed by atoms with Crippen LogP contribution in [0.15, 0.2) is 0 Å². The van der Waals surface area contributed by atoms with Crippen molar-refractivity contribution < 1.29 is 13.5 Å². The summed E-state index contributed by atoms with van der Waals surface area (Å²) < 4.78 is 26.3. The van der Waals surface area contributed by atoms with Crippen molar-refractivity contribution in [1.29, 1.82) is 0 Å². The first-order chi connectivity index (χ1) is 5.43. The van der Waals surface area contributed by atoms with Gasteiger partial charge in [-0.15, -0.1) is 0 Å². The molecule has 12 heavy (non-hydrogen) atoms. The molecule has 3 N–H and O–H groups in total. The third-order valence-electron chi connectivity index (χ3n) is 1.58. The Morgan fingerprint density at radius 2 is 1.92 bits per heavy atom. The normalized spacial score (nSPS) is 15.1. The molecular weight excluding hydrogens is 180 g/mol. The maximum absolute atomic E-state index is 10.9. The topological polar surface area (TPSA) is 78.4 Å². The Morgan fingerprint density at radius 3 is 2.17 bits per heavy atom. The van der Waals surface area contributed by atoms with E-state index in [0.29, 0.717) is 0 Å². The molecule has 6 heteroatoms. The van der Waals surface area contributed by atoms with Crippen LogP contribution in [0.2, 0.25) is 0 Å². The van der Waals surface area contributed by atoms with Crippen molar-refractivity contribution in [3.8, 4) is 0 Å². The van der Waals surface area contributed by atoms with Crippen molar-refractivity contribution in [1.82, 2.24) is 9.44 Å². The van der Waals surface area contributed by atoms with Gasteiger partial charge in [-0.05, 0) is 5.92 Å². The summed E-state index contributed by atoms with van der Waals surface area (Å²) in [6.45, 7) is 3.47. The third kappa shape index (κ3) is 4.01. The van der Waals surface area contributed by atoms with Crippen LogP contribution < -0.4 is 9.44 Å². The molecule has 0 rings (SSSR count). The van der Waals surface area contributed by atoms with Gasteiger partial charge in [0, 0.05) is 13.1 Å². The lowest BCUT2D eigenvalue weighted by Gasteiger charge is -2.18. The minimum absolute atomic E-state index is 0.0677. The second kappa shape index (κ2) is 4.76. The molecule has 1 unspecified atom stereocenters. The first-order valence-corrected chi connectivity index (χ1v) is 5.23. The summed E-state index contributed by atoms with van der Waals surface area (Å²) in [4.78, 5) is 0. The average molecular weight is 196 g/mol. The zero-order chi connectivity index (χ0) is 9.78. The maximum Gasteiger partial charge on any atom is 0.276 e. The molecule has 5 nitrogen and oxygen atoms in total. The van der Waals surface area contributed by atoms with Crippen LogP contribution in [0.5, 0.6) is 0 Å². The molecule has 0 saturated carbocycles. The molecule has 0 radical (unpaired) electrons. The highest BCUT2D eigenvalue weighted by Gasteiger charge is 2.17. The van der Waals surface area contributed by atoms with E-state index >= 15 is 0 Å². The molecule has 0 aliphatic carbocycles. The number of hydrogen-bond donors (Lipinski definition) is 3. The Bertz CT molecular complexity index is 213. The molecule has 0 amide bonds. The molecule has 0 bridgehead atoms. The van der Waals surface area contributed by atoms with E-state index < -0.39 is 16.3 Å². The Morgan fingerprint density at radius 1 is 1.42 bits per heavy atom. The number of aliphatic hydroxyl groups is 1. The van der Waals surface area contributed by atoms with Crippen molar-refractivity contribution in [2.24, 2.45) is 5.92 Å². The van der Waals surface area contributed by atoms with Gasteiger partial charge in [-0.2, -0.15) is 13.1 Å². The van der Waals surface area contributed by atoms with Gasteiger partial charge < -0.3 is 5.11 Å². The van der Waals surface area contributed by atoms with E-state index in [2.05, 4.69) is 9.44 Å². The molecule has 0 saturated heterocycles. The van der Waals surface area contributed by atoms with Crippen LogP contribution in [0, 0.1) is 5.92 Å². The van der Waals surface area contributed by atoms with Crippen molar-refractivity contribution in [2.75, 3.05) is 13.7 Å². The summed E-state index contributed by atoms with van der Waals surface area (Å²) in [7, 11) is -2.12. The predicted molar refractivity (Wildman–Crippen MR) is 46.8 cm³/mol. The molecule has 0 aliphatic heterocycles. The lowest BCUT2D eigenvalue weighted by atomic mass is 10.1. The Balaban J connectivity index is 4.22. The first kappa shape index (κ1) is 11.8. The SMILES string of the molecule is CNS(=O)(=O)NC(CO)C(C)C. The summed E-state index contributed by atoms with van der Waals surface area (Å²) in [5, 5.41) is 8.80. The van der Waals surface area contributed by atoms with E-state index in [9.17, 15) is 8.42 Å². The molecule has 0 aromatic rings. The van der Waals surface area contributed by atoms with Crippen LogP contribution in [-0.2, 0) is 10.2 Å². The van der Waals surface area contributed by atoms with Gasteiger partial charge in [0.1, 0.15) is 0 Å². The minimum Gasteiger partial charge on any atom is -0.395 e. The van der Waals surface area contributed by atoms with Gasteiger partial charge >= 0.3 is 0 Å². The summed E-state index contributed by atoms with van der Waals surface area (Å²) in [6.07, 6.45) is 0. The van der Waals surface area contributed by atoms with Crippen LogP contribution in [0.4, 0.5) is 0 Å². The highest BCUT2D eigenvalue weighted by Crippen LogP contribution is 2.00. The molecule has 0 aromatic carbocycles. The number of rotatable bonds is 5. The summed E-state index contributed by atoms with van der Waals surface area (Å²) >= 11 is 0. The fraction of sp³-hybridized carbons (Fsp3) is 1.00. The molecule has 0 heterocycles. The van der Waals surface area contributed by atoms with Crippen molar-refractivity contribution in [2.45, 2.75) is 19.9 Å². The summed E-state index contributed by atoms with van der Waals surface area (Å²) in [6, 6.07) is -0.428. The maximum atomic E-state index is 10.9. The van der Waals surface area contributed by atoms with Gasteiger partial charge in [0.25, 0.3) is 10.2 Å². The Kier molecular flexibility index (Phi) is 4.69. The van der Waals surface area contributed by atoms with E-state index in [1.54, 1.807) is 0 Å². The van der Waals surface area contributed by atoms with Crippen molar-refractivity contribution >= 4 is 10.2 Å². The van der Waals surface area contributed by atoms with E-state index in [-0.39, 0.29) is 12.5 Å². The van der Waals surface area contributed by atoms with E-state index in [0.717, 1.165) is 0 Å². The number of hydrogen-bond acceptors (Lipinski definition) is 3. The van der Waals surface area contributed by atoms with Crippen LogP contribution in [0.1, 0.15) is 13.8 Å². The molecule has 0 spiro atoms. The van der Waals surface area contributed by atoms with E-state index in [1.165, 1.54) is 7.05 Å². The lowest BCUT2D eigenvalue weighted by molar-refractivity contribution is 0.227. The van der Waals surface area contributed by atoms with Gasteiger partial charge in [0.05, 0.1) is 6.61 Å².